The zero-order chi connectivity index (χ0) is 30.5. The molecule has 0 unspecified atom stereocenters. The van der Waals surface area contributed by atoms with Crippen LogP contribution in [0.25, 0.3) is 22.8 Å². The molecule has 0 bridgehead atoms. The van der Waals surface area contributed by atoms with E-state index in [0.29, 0.717) is 0 Å². The molecule has 0 fully saturated rings. The SMILES string of the molecule is O=S(=O)([O-])C(F)(F)F.O=S(=O)([O-])C(F)(F)F.[O-2].[O-2].[U].c1ccc(-c2ccccn2)nc1.c1ccc(-c2ccccn2)nc1. The molecule has 0 saturated carbocycles. The molecule has 0 saturated heterocycles. The molecule has 0 radical (unpaired) electrons. The van der Waals surface area contributed by atoms with Crippen molar-refractivity contribution in [1.82, 2.24) is 19.9 Å². The van der Waals surface area contributed by atoms with Crippen molar-refractivity contribution >= 4 is 20.2 Å². The molecule has 21 heteroatoms. The van der Waals surface area contributed by atoms with Crippen LogP contribution in [0, 0.1) is 31.1 Å². The summed E-state index contributed by atoms with van der Waals surface area (Å²) in [6, 6.07) is 23.2. The van der Waals surface area contributed by atoms with Gasteiger partial charge in [-0.25, -0.2) is 16.8 Å². The molecule has 4 aromatic rings. The molecule has 0 aliphatic carbocycles. The molecular weight excluding hydrogens is 864 g/mol. The third-order valence-corrected chi connectivity index (χ3v) is 4.89. The van der Waals surface area contributed by atoms with Crippen molar-refractivity contribution in [2.75, 3.05) is 0 Å². The summed E-state index contributed by atoms with van der Waals surface area (Å²) >= 11 is 0. The Morgan fingerprint density at radius 2 is 0.628 bits per heavy atom. The van der Waals surface area contributed by atoms with E-state index >= 15 is 0 Å². The molecule has 4 aromatic heterocycles. The second-order valence-corrected chi connectivity index (χ2v) is 9.40. The molecule has 12 nitrogen and oxygen atoms in total. The summed E-state index contributed by atoms with van der Waals surface area (Å²) in [5.74, 6) is 0. The minimum Gasteiger partial charge on any atom is -2.00 e. The van der Waals surface area contributed by atoms with E-state index in [9.17, 15) is 26.3 Å². The molecule has 4 rings (SSSR count). The minimum atomic E-state index is -6.09. The molecular formula is C22H16F6N4O8S2U-6. The Morgan fingerprint density at radius 3 is 0.721 bits per heavy atom. The molecule has 0 amide bonds. The normalized spacial score (nSPS) is 10.6. The second-order valence-electron chi connectivity index (χ2n) is 6.66. The number of halogens is 6. The van der Waals surface area contributed by atoms with E-state index in [1.807, 2.05) is 72.8 Å². The van der Waals surface area contributed by atoms with E-state index in [-0.39, 0.29) is 42.1 Å². The molecule has 0 atom stereocenters. The van der Waals surface area contributed by atoms with Gasteiger partial charge < -0.3 is 20.1 Å². The molecule has 4 heterocycles. The Balaban J connectivity index is -0.000000495. The van der Waals surface area contributed by atoms with E-state index in [1.165, 1.54) is 0 Å². The molecule has 236 valence electrons. The topological polar surface area (TPSA) is 223 Å². The Morgan fingerprint density at radius 1 is 0.465 bits per heavy atom. The smallest absolute Gasteiger partial charge is 0.485 e. The van der Waals surface area contributed by atoms with Gasteiger partial charge in [0, 0.05) is 55.9 Å². The van der Waals surface area contributed by atoms with Gasteiger partial charge in [-0.2, -0.15) is 26.3 Å². The second kappa shape index (κ2) is 20.0. The van der Waals surface area contributed by atoms with E-state index in [4.69, 9.17) is 25.9 Å². The van der Waals surface area contributed by atoms with Gasteiger partial charge in [-0.05, 0) is 48.5 Å². The van der Waals surface area contributed by atoms with Crippen molar-refractivity contribution in [2.24, 2.45) is 0 Å². The predicted molar refractivity (Wildman–Crippen MR) is 128 cm³/mol. The molecule has 0 aliphatic heterocycles. The zero-order valence-electron chi connectivity index (χ0n) is 20.9. The summed E-state index contributed by atoms with van der Waals surface area (Å²) < 4.78 is 118. The van der Waals surface area contributed by atoms with Gasteiger partial charge in [0.15, 0.2) is 20.2 Å². The summed E-state index contributed by atoms with van der Waals surface area (Å²) in [4.78, 5) is 16.7. The predicted octanol–water partition coefficient (Wildman–Crippen LogP) is 4.15. The standard InChI is InChI=1S/2C10H8N2.2CHF3O3S.2O.U/c2*1-3-7-11-9(5-1)10-6-2-4-8-12-10;2*2-1(3,4)8(5,6)7;;;/h2*1-8H;2*(H,5,6,7);;;/q;;;;2*-2;/p-2. The van der Waals surface area contributed by atoms with Crippen LogP contribution in [-0.4, -0.2) is 56.9 Å². The van der Waals surface area contributed by atoms with Crippen LogP contribution >= 0.6 is 0 Å². The van der Waals surface area contributed by atoms with Crippen LogP contribution in [-0.2, 0) is 31.2 Å². The summed E-state index contributed by atoms with van der Waals surface area (Å²) in [6.07, 6.45) is 7.07. The summed E-state index contributed by atoms with van der Waals surface area (Å²) in [5.41, 5.74) is -7.63. The van der Waals surface area contributed by atoms with E-state index in [0.717, 1.165) is 22.8 Å². The van der Waals surface area contributed by atoms with Gasteiger partial charge in [-0.15, -0.1) is 0 Å². The van der Waals surface area contributed by atoms with Crippen LogP contribution in [0.4, 0.5) is 26.3 Å². The van der Waals surface area contributed by atoms with Crippen molar-refractivity contribution in [3.63, 3.8) is 0 Å². The molecule has 0 aliphatic rings. The minimum absolute atomic E-state index is 0. The van der Waals surface area contributed by atoms with Crippen molar-refractivity contribution in [1.29, 1.82) is 0 Å². The summed E-state index contributed by atoms with van der Waals surface area (Å²) in [6.45, 7) is 0. The van der Waals surface area contributed by atoms with Crippen LogP contribution in [0.2, 0.25) is 0 Å². The average molecular weight is 881 g/mol. The maximum atomic E-state index is 10.7. The number of aromatic nitrogens is 4. The number of hydrogen-bond donors (Lipinski definition) is 0. The fourth-order valence-electron chi connectivity index (χ4n) is 2.06. The van der Waals surface area contributed by atoms with Gasteiger partial charge in [-0.1, -0.05) is 24.3 Å². The molecule has 0 N–H and O–H groups in total. The zero-order valence-corrected chi connectivity index (χ0v) is 26.7. The Hall–Kier alpha value is -3.03. The first-order valence-electron chi connectivity index (χ1n) is 10.1. The Bertz CT molecular complexity index is 1320. The number of hydrogen-bond acceptors (Lipinski definition) is 10. The van der Waals surface area contributed by atoms with E-state index in [2.05, 4.69) is 19.9 Å². The molecule has 43 heavy (non-hydrogen) atoms. The van der Waals surface area contributed by atoms with Crippen molar-refractivity contribution in [3.8, 4) is 22.8 Å². The Kier molecular flexibility index (Phi) is 20.7. The van der Waals surface area contributed by atoms with Crippen molar-refractivity contribution in [2.45, 2.75) is 11.0 Å². The van der Waals surface area contributed by atoms with Crippen LogP contribution in [0.1, 0.15) is 0 Å². The monoisotopic (exact) mass is 880 g/mol. The average Bonchev–Trinajstić information content (AvgIpc) is 2.90. The summed E-state index contributed by atoms with van der Waals surface area (Å²) in [5, 5.41) is 0. The maximum Gasteiger partial charge on any atom is 0.485 e. The number of rotatable bonds is 2. The van der Waals surface area contributed by atoms with Gasteiger partial charge >= 0.3 is 11.0 Å². The maximum absolute atomic E-state index is 10.7. The summed E-state index contributed by atoms with van der Waals surface area (Å²) in [7, 11) is -12.2. The third kappa shape index (κ3) is 17.6. The van der Waals surface area contributed by atoms with Gasteiger partial charge in [0.25, 0.3) is 0 Å². The van der Waals surface area contributed by atoms with Gasteiger partial charge in [-0.3, -0.25) is 19.9 Å². The fourth-order valence-corrected chi connectivity index (χ4v) is 2.06. The number of nitrogens with zero attached hydrogens (tertiary/aromatic N) is 4. The first kappa shape index (κ1) is 44.4. The molecule has 0 spiro atoms. The van der Waals surface area contributed by atoms with E-state index in [1.54, 1.807) is 24.8 Å². The fraction of sp³-hybridized carbons (Fsp3) is 0.0909. The third-order valence-electron chi connectivity index (χ3n) is 3.75. The first-order chi connectivity index (χ1) is 18.4. The Labute approximate surface area is 264 Å². The van der Waals surface area contributed by atoms with Gasteiger partial charge in [0.2, 0.25) is 0 Å². The van der Waals surface area contributed by atoms with Crippen molar-refractivity contribution in [3.05, 3.63) is 97.6 Å². The first-order valence-corrected chi connectivity index (χ1v) is 12.9. The largest absolute Gasteiger partial charge is 2.00 e. The van der Waals surface area contributed by atoms with Crippen LogP contribution in [0.5, 0.6) is 0 Å². The van der Waals surface area contributed by atoms with Crippen LogP contribution < -0.4 is 0 Å². The van der Waals surface area contributed by atoms with E-state index < -0.39 is 31.3 Å². The number of alkyl halides is 6. The van der Waals surface area contributed by atoms with Crippen LogP contribution in [0.15, 0.2) is 97.6 Å². The van der Waals surface area contributed by atoms with Gasteiger partial charge in [0.1, 0.15) is 0 Å². The van der Waals surface area contributed by atoms with Gasteiger partial charge in [0.05, 0.1) is 22.8 Å². The quantitative estimate of drug-likeness (QED) is 0.159. The number of pyridine rings is 4. The molecule has 0 aromatic carbocycles. The van der Waals surface area contributed by atoms with Crippen molar-refractivity contribution < 1.29 is 94.3 Å². The van der Waals surface area contributed by atoms with Crippen LogP contribution in [0.3, 0.4) is 0 Å².